The summed E-state index contributed by atoms with van der Waals surface area (Å²) in [6.45, 7) is 7.58. The molecule has 9 heterocycles. The average molecular weight is 1420 g/mol. The molecule has 100 heavy (non-hydrogen) atoms. The lowest BCUT2D eigenvalue weighted by Crippen LogP contribution is -2.41. The van der Waals surface area contributed by atoms with Gasteiger partial charge in [-0.25, -0.2) is 44.4 Å². The summed E-state index contributed by atoms with van der Waals surface area (Å²) in [6, 6.07) is 36.4. The molecule has 6 aromatic carbocycles. The first-order valence-corrected chi connectivity index (χ1v) is 35.1. The summed E-state index contributed by atoms with van der Waals surface area (Å²) < 4.78 is 135. The average Bonchev–Trinajstić information content (AvgIpc) is 1.55. The summed E-state index contributed by atoms with van der Waals surface area (Å²) in [5.41, 5.74) is 7.30. The number of hydrogen-bond donors (Lipinski definition) is 2. The number of hydrogen-bond acceptors (Lipinski definition) is 14. The van der Waals surface area contributed by atoms with E-state index < -0.39 is 67.6 Å². The molecule has 0 unspecified atom stereocenters. The van der Waals surface area contributed by atoms with Gasteiger partial charge in [-0.15, -0.1) is 0 Å². The molecule has 2 N–H and O–H groups in total. The number of rotatable bonds is 10. The van der Waals surface area contributed by atoms with Gasteiger partial charge >= 0.3 is 7.12 Å². The van der Waals surface area contributed by atoms with Gasteiger partial charge in [0.25, 0.3) is 11.8 Å². The predicted octanol–water partition coefficient (Wildman–Crippen LogP) is 13.0. The molecule has 0 atom stereocenters. The number of amides is 2. The molecule has 28 heteroatoms. The highest BCUT2D eigenvalue weighted by Crippen LogP contribution is 2.45. The molecule has 2 amide bonds. The molecule has 0 bridgehead atoms. The summed E-state index contributed by atoms with van der Waals surface area (Å²) in [4.78, 5) is 60.8. The minimum atomic E-state index is -3.77. The first kappa shape index (κ1) is 68.1. The van der Waals surface area contributed by atoms with Crippen molar-refractivity contribution >= 4 is 123 Å². The minimum absolute atomic E-state index is 0.0433. The van der Waals surface area contributed by atoms with E-state index in [-0.39, 0.29) is 70.0 Å². The molecule has 0 spiro atoms. The first-order chi connectivity index (χ1) is 47.2. The third-order valence-electron chi connectivity index (χ3n) is 18.3. The fraction of sp³-hybridized carbons (Fsp3) is 0.194. The van der Waals surface area contributed by atoms with Crippen LogP contribution in [0.15, 0.2) is 154 Å². The molecule has 12 aromatic rings. The van der Waals surface area contributed by atoms with Gasteiger partial charge in [0, 0.05) is 84.0 Å². The normalized spacial score (nSPS) is 14.4. The number of sulfonamides is 2. The number of nitrogens with one attached hydrogen (secondary N) is 2. The molecule has 0 radical (unpaired) electrons. The van der Waals surface area contributed by atoms with Gasteiger partial charge in [0.1, 0.15) is 51.1 Å². The van der Waals surface area contributed by atoms with Crippen molar-refractivity contribution in [2.75, 3.05) is 49.3 Å². The van der Waals surface area contributed by atoms with Crippen molar-refractivity contribution in [1.29, 1.82) is 0 Å². The Morgan fingerprint density at radius 2 is 0.970 bits per heavy atom. The smallest absolute Gasteiger partial charge is 0.455 e. The van der Waals surface area contributed by atoms with Crippen LogP contribution in [0.4, 0.5) is 28.9 Å². The molecule has 0 saturated carbocycles. The quantitative estimate of drug-likeness (QED) is 0.0734. The van der Waals surface area contributed by atoms with Crippen molar-refractivity contribution in [3.8, 4) is 56.7 Å². The van der Waals surface area contributed by atoms with Crippen LogP contribution in [0.2, 0.25) is 5.15 Å². The molecule has 3 aliphatic heterocycles. The SMILES string of the molecule is CNC(=O)c1c(-c2ccc(F)cc2)oc2cc(N(C)S(C)(=O)=O)c(-c3ccc4c(n3)-c3cc5cc(F)ccc5n3C(=O)C4)cc12.CNC(=O)c1c(-c2ccc(F)cc2)oc2cc(N(C)S(C)(=O)=O)c(B3OC(C)(C)C(C)(C)O3)cc12.O=C1Cc2ccc(Cl)nc2-c2cc3cc(F)ccc3n21. The highest BCUT2D eigenvalue weighted by Gasteiger charge is 2.53. The molecule has 20 nitrogen and oxygen atoms in total. The van der Waals surface area contributed by atoms with Crippen molar-refractivity contribution in [2.45, 2.75) is 51.7 Å². The van der Waals surface area contributed by atoms with Crippen LogP contribution in [0.1, 0.15) is 69.1 Å². The van der Waals surface area contributed by atoms with Crippen LogP contribution >= 0.6 is 11.6 Å². The van der Waals surface area contributed by atoms with Crippen molar-refractivity contribution < 1.29 is 71.7 Å². The summed E-state index contributed by atoms with van der Waals surface area (Å²) in [5, 5.41) is 7.66. The number of carbonyl (C=O) groups excluding carboxylic acids is 4. The molecular formula is C72H60BClF4N8O12S2. The number of pyridine rings is 2. The summed E-state index contributed by atoms with van der Waals surface area (Å²) >= 11 is 5.94. The van der Waals surface area contributed by atoms with Crippen molar-refractivity contribution in [3.63, 3.8) is 0 Å². The number of anilines is 2. The maximum absolute atomic E-state index is 14.1. The topological polar surface area (TPSA) is 247 Å². The number of fused-ring (bicyclic) bond motifs is 12. The van der Waals surface area contributed by atoms with Gasteiger partial charge < -0.3 is 28.8 Å². The van der Waals surface area contributed by atoms with E-state index in [0.717, 1.165) is 26.7 Å². The van der Waals surface area contributed by atoms with Crippen molar-refractivity contribution in [1.82, 2.24) is 29.7 Å². The second kappa shape index (κ2) is 25.1. The van der Waals surface area contributed by atoms with Crippen LogP contribution < -0.4 is 24.7 Å². The van der Waals surface area contributed by atoms with Gasteiger partial charge in [-0.3, -0.25) is 36.9 Å². The lowest BCUT2D eigenvalue weighted by atomic mass is 9.77. The van der Waals surface area contributed by atoms with Gasteiger partial charge in [-0.05, 0) is 160 Å². The fourth-order valence-electron chi connectivity index (χ4n) is 12.4. The largest absolute Gasteiger partial charge is 0.497 e. The number of halogens is 5. The van der Waals surface area contributed by atoms with E-state index in [1.807, 2.05) is 33.8 Å². The standard InChI is InChI=1S/C33H24F2N4O5S.C24H28BFN2O6S.C15H8ClFN2O/c1-36-33(41)30-23-15-22(26(38(2)45(3,42)43)16-28(23)44-32(30)17-4-7-20(34)8-5-17)24-10-6-18-14-29(40)39-25-11-9-21(35)12-19(25)13-27(39)31(18)37-24;1-23(2)24(3,4)34-25(33-23)17-12-16-19(13-18(17)28(6)35(7,30)31)32-21(20(16)22(29)27-5)14-8-10-15(26)11-9-14;16-13-4-1-8-7-14(20)19-11-3-2-10(17)5-9(11)6-12(19)15(8)18-13/h4-13,15-16H,14H2,1-3H3,(H,36,41);8-13H,1-7H3,(H,27,29);1-6H,7H2. The zero-order chi connectivity index (χ0) is 71.6. The number of furan rings is 2. The maximum atomic E-state index is 14.1. The molecule has 510 valence electrons. The van der Waals surface area contributed by atoms with Crippen LogP contribution in [0, 0.1) is 23.3 Å². The lowest BCUT2D eigenvalue weighted by Gasteiger charge is -2.32. The Labute approximate surface area is 575 Å². The molecule has 6 aromatic heterocycles. The fourth-order valence-corrected chi connectivity index (χ4v) is 13.6. The second-order valence-corrected chi connectivity index (χ2v) is 29.6. The molecular weight excluding hydrogens is 1360 g/mol. The second-order valence-electron chi connectivity index (χ2n) is 25.2. The van der Waals surface area contributed by atoms with E-state index in [0.29, 0.717) is 99.6 Å². The number of aromatic nitrogens is 4. The van der Waals surface area contributed by atoms with Crippen LogP contribution in [-0.4, -0.2) is 119 Å². The Morgan fingerprint density at radius 1 is 0.550 bits per heavy atom. The van der Waals surface area contributed by atoms with Gasteiger partial charge in [0.2, 0.25) is 31.9 Å². The zero-order valence-corrected chi connectivity index (χ0v) is 57.5. The van der Waals surface area contributed by atoms with Gasteiger partial charge in [0.05, 0.1) is 98.6 Å². The molecule has 0 aliphatic carbocycles. The first-order valence-electron chi connectivity index (χ1n) is 31.0. The van der Waals surface area contributed by atoms with Gasteiger partial charge in [0.15, 0.2) is 0 Å². The Hall–Kier alpha value is -10.4. The third kappa shape index (κ3) is 12.1. The monoisotopic (exact) mass is 1410 g/mol. The number of benzene rings is 6. The third-order valence-corrected chi connectivity index (χ3v) is 20.9. The Bertz CT molecular complexity index is 5680. The Morgan fingerprint density at radius 3 is 1.43 bits per heavy atom. The Kier molecular flexibility index (Phi) is 17.1. The summed E-state index contributed by atoms with van der Waals surface area (Å²) in [6.07, 6.45) is 2.49. The Balaban J connectivity index is 0.000000144. The lowest BCUT2D eigenvalue weighted by molar-refractivity contribution is 0.00578. The van der Waals surface area contributed by atoms with Crippen LogP contribution in [-0.2, 0) is 42.2 Å². The van der Waals surface area contributed by atoms with Gasteiger partial charge in [-0.1, -0.05) is 23.7 Å². The maximum Gasteiger partial charge on any atom is 0.497 e. The number of nitrogens with zero attached hydrogens (tertiary/aromatic N) is 6. The van der Waals surface area contributed by atoms with Crippen molar-refractivity contribution in [3.05, 3.63) is 196 Å². The van der Waals surface area contributed by atoms with Crippen LogP contribution in [0.5, 0.6) is 0 Å². The van der Waals surface area contributed by atoms with Crippen LogP contribution in [0.3, 0.4) is 0 Å². The highest BCUT2D eigenvalue weighted by molar-refractivity contribution is 7.92. The summed E-state index contributed by atoms with van der Waals surface area (Å²) in [5.74, 6) is -2.33. The van der Waals surface area contributed by atoms with E-state index in [2.05, 4.69) is 15.6 Å². The van der Waals surface area contributed by atoms with Crippen molar-refractivity contribution in [2.24, 2.45) is 0 Å². The van der Waals surface area contributed by atoms with Gasteiger partial charge in [-0.2, -0.15) is 0 Å². The molecule has 1 saturated heterocycles. The van der Waals surface area contributed by atoms with E-state index in [1.165, 1.54) is 112 Å². The summed E-state index contributed by atoms with van der Waals surface area (Å²) in [7, 11) is -2.54. The van der Waals surface area contributed by atoms with Crippen LogP contribution in [0.25, 0.3) is 100 Å². The van der Waals surface area contributed by atoms with E-state index in [1.54, 1.807) is 65.2 Å². The number of carbonyl (C=O) groups is 4. The molecule has 15 rings (SSSR count). The minimum Gasteiger partial charge on any atom is -0.455 e. The molecule has 1 fully saturated rings. The predicted molar refractivity (Wildman–Crippen MR) is 375 cm³/mol. The molecule has 3 aliphatic rings. The van der Waals surface area contributed by atoms with E-state index in [9.17, 15) is 53.6 Å². The van der Waals surface area contributed by atoms with E-state index >= 15 is 0 Å². The van der Waals surface area contributed by atoms with E-state index in [4.69, 9.17) is 34.7 Å². The highest BCUT2D eigenvalue weighted by atomic mass is 35.5. The zero-order valence-electron chi connectivity index (χ0n) is 55.1.